The summed E-state index contributed by atoms with van der Waals surface area (Å²) in [5.74, 6) is 2.00. The van der Waals surface area contributed by atoms with Crippen LogP contribution in [-0.4, -0.2) is 12.5 Å². The topological polar surface area (TPSA) is 9.23 Å². The number of hydrogen-bond acceptors (Lipinski definition) is 1. The second kappa shape index (κ2) is 6.52. The van der Waals surface area contributed by atoms with E-state index in [0.29, 0.717) is 18.4 Å². The smallest absolute Gasteiger partial charge is 0.119 e. The van der Waals surface area contributed by atoms with Gasteiger partial charge in [-0.3, -0.25) is 0 Å². The van der Waals surface area contributed by atoms with Crippen LogP contribution < -0.4 is 4.74 Å². The van der Waals surface area contributed by atoms with Gasteiger partial charge in [0, 0.05) is 5.88 Å². The van der Waals surface area contributed by atoms with Crippen molar-refractivity contribution in [3.8, 4) is 5.75 Å². The lowest BCUT2D eigenvalue weighted by Crippen LogP contribution is -1.94. The summed E-state index contributed by atoms with van der Waals surface area (Å²) in [6, 6.07) is 8.21. The van der Waals surface area contributed by atoms with Crippen LogP contribution in [0, 0.1) is 0 Å². The molecule has 1 nitrogen and oxygen atoms in total. The third-order valence-corrected chi connectivity index (χ3v) is 2.33. The maximum atomic E-state index is 5.50. The van der Waals surface area contributed by atoms with Gasteiger partial charge in [0.25, 0.3) is 0 Å². The molecule has 15 heavy (non-hydrogen) atoms. The number of ether oxygens (including phenoxy) is 1. The molecular formula is C13H17ClO. The van der Waals surface area contributed by atoms with Gasteiger partial charge in [-0.15, -0.1) is 11.6 Å². The Kier molecular flexibility index (Phi) is 5.27. The minimum Gasteiger partial charge on any atom is -0.490 e. The van der Waals surface area contributed by atoms with Crippen LogP contribution in [0.3, 0.4) is 0 Å². The van der Waals surface area contributed by atoms with Gasteiger partial charge < -0.3 is 4.74 Å². The Hall–Kier alpha value is -0.950. The average Bonchev–Trinajstić information content (AvgIpc) is 2.25. The van der Waals surface area contributed by atoms with Crippen LogP contribution in [0.15, 0.2) is 36.4 Å². The SMILES string of the molecule is CC(C)c1ccc(OCC=CCCl)cc1. The zero-order valence-corrected chi connectivity index (χ0v) is 10.00. The molecular weight excluding hydrogens is 208 g/mol. The van der Waals surface area contributed by atoms with Crippen molar-refractivity contribution in [2.45, 2.75) is 19.8 Å². The molecule has 1 aromatic carbocycles. The van der Waals surface area contributed by atoms with Crippen molar-refractivity contribution in [3.05, 3.63) is 42.0 Å². The highest BCUT2D eigenvalue weighted by molar-refractivity contribution is 6.18. The van der Waals surface area contributed by atoms with E-state index in [-0.39, 0.29) is 0 Å². The van der Waals surface area contributed by atoms with Crippen molar-refractivity contribution in [1.82, 2.24) is 0 Å². The van der Waals surface area contributed by atoms with Crippen LogP contribution in [0.1, 0.15) is 25.3 Å². The zero-order chi connectivity index (χ0) is 11.1. The summed E-state index contributed by atoms with van der Waals surface area (Å²) in [6.45, 7) is 4.94. The van der Waals surface area contributed by atoms with E-state index in [1.807, 2.05) is 24.3 Å². The molecule has 2 heteroatoms. The van der Waals surface area contributed by atoms with Gasteiger partial charge in [-0.05, 0) is 23.6 Å². The maximum absolute atomic E-state index is 5.50. The first-order valence-electron chi connectivity index (χ1n) is 5.17. The number of rotatable bonds is 5. The standard InChI is InChI=1S/C13H17ClO/c1-11(2)12-5-7-13(8-6-12)15-10-4-3-9-14/h3-8,11H,9-10H2,1-2H3. The third kappa shape index (κ3) is 4.39. The molecule has 82 valence electrons. The van der Waals surface area contributed by atoms with Crippen molar-refractivity contribution in [2.24, 2.45) is 0 Å². The highest BCUT2D eigenvalue weighted by Crippen LogP contribution is 2.18. The Bertz CT molecular complexity index is 301. The highest BCUT2D eigenvalue weighted by atomic mass is 35.5. The fraction of sp³-hybridized carbons (Fsp3) is 0.385. The van der Waals surface area contributed by atoms with Gasteiger partial charge in [-0.25, -0.2) is 0 Å². The Balaban J connectivity index is 2.46. The van der Waals surface area contributed by atoms with Gasteiger partial charge in [0.1, 0.15) is 12.4 Å². The van der Waals surface area contributed by atoms with E-state index in [1.54, 1.807) is 0 Å². The molecule has 0 aliphatic heterocycles. The largest absolute Gasteiger partial charge is 0.490 e. The number of benzene rings is 1. The first-order chi connectivity index (χ1) is 7.24. The van der Waals surface area contributed by atoms with Crippen LogP contribution >= 0.6 is 11.6 Å². The van der Waals surface area contributed by atoms with Crippen LogP contribution in [0.5, 0.6) is 5.75 Å². The Morgan fingerprint density at radius 3 is 2.40 bits per heavy atom. The first kappa shape index (κ1) is 12.1. The van der Waals surface area contributed by atoms with Crippen molar-refractivity contribution in [1.29, 1.82) is 0 Å². The normalized spacial score (nSPS) is 11.2. The molecule has 0 saturated heterocycles. The minimum absolute atomic E-state index is 0.537. The van der Waals surface area contributed by atoms with E-state index < -0.39 is 0 Å². The van der Waals surface area contributed by atoms with E-state index in [9.17, 15) is 0 Å². The van der Waals surface area contributed by atoms with Gasteiger partial charge >= 0.3 is 0 Å². The number of hydrogen-bond donors (Lipinski definition) is 0. The van der Waals surface area contributed by atoms with Crippen LogP contribution in [0.25, 0.3) is 0 Å². The molecule has 1 rings (SSSR count). The van der Waals surface area contributed by atoms with Gasteiger partial charge in [0.2, 0.25) is 0 Å². The number of alkyl halides is 1. The molecule has 0 amide bonds. The molecule has 1 aromatic rings. The van der Waals surface area contributed by atoms with E-state index in [4.69, 9.17) is 16.3 Å². The predicted molar refractivity (Wildman–Crippen MR) is 65.9 cm³/mol. The average molecular weight is 225 g/mol. The highest BCUT2D eigenvalue weighted by Gasteiger charge is 1.98. The molecule has 0 heterocycles. The van der Waals surface area contributed by atoms with Gasteiger partial charge in [-0.2, -0.15) is 0 Å². The Morgan fingerprint density at radius 2 is 1.87 bits per heavy atom. The molecule has 0 unspecified atom stereocenters. The maximum Gasteiger partial charge on any atom is 0.119 e. The quantitative estimate of drug-likeness (QED) is 0.543. The fourth-order valence-corrected chi connectivity index (χ4v) is 1.35. The van der Waals surface area contributed by atoms with Crippen molar-refractivity contribution in [2.75, 3.05) is 12.5 Å². The summed E-state index contributed by atoms with van der Waals surface area (Å²) in [6.07, 6.45) is 3.80. The summed E-state index contributed by atoms with van der Waals surface area (Å²) in [4.78, 5) is 0. The minimum atomic E-state index is 0.537. The lowest BCUT2D eigenvalue weighted by Gasteiger charge is -2.07. The van der Waals surface area contributed by atoms with E-state index >= 15 is 0 Å². The van der Waals surface area contributed by atoms with Crippen LogP contribution in [0.4, 0.5) is 0 Å². The van der Waals surface area contributed by atoms with E-state index in [0.717, 1.165) is 5.75 Å². The summed E-state index contributed by atoms with van der Waals surface area (Å²) in [7, 11) is 0. The van der Waals surface area contributed by atoms with E-state index in [2.05, 4.69) is 26.0 Å². The first-order valence-corrected chi connectivity index (χ1v) is 5.71. The zero-order valence-electron chi connectivity index (χ0n) is 9.24. The third-order valence-electron chi connectivity index (χ3n) is 2.15. The Morgan fingerprint density at radius 1 is 1.20 bits per heavy atom. The molecule has 0 N–H and O–H groups in total. The van der Waals surface area contributed by atoms with Crippen LogP contribution in [-0.2, 0) is 0 Å². The molecule has 0 aliphatic rings. The molecule has 0 bridgehead atoms. The van der Waals surface area contributed by atoms with Crippen molar-refractivity contribution < 1.29 is 4.74 Å². The molecule has 0 spiro atoms. The molecule has 0 radical (unpaired) electrons. The van der Waals surface area contributed by atoms with Gasteiger partial charge in [0.05, 0.1) is 0 Å². The molecule has 0 aromatic heterocycles. The van der Waals surface area contributed by atoms with Crippen molar-refractivity contribution >= 4 is 11.6 Å². The molecule has 0 atom stereocenters. The summed E-state index contributed by atoms with van der Waals surface area (Å²) in [5, 5.41) is 0. The number of allylic oxidation sites excluding steroid dienone is 1. The summed E-state index contributed by atoms with van der Waals surface area (Å²) >= 11 is 5.50. The molecule has 0 saturated carbocycles. The van der Waals surface area contributed by atoms with E-state index in [1.165, 1.54) is 5.56 Å². The van der Waals surface area contributed by atoms with Crippen molar-refractivity contribution in [3.63, 3.8) is 0 Å². The predicted octanol–water partition coefficient (Wildman–Crippen LogP) is 3.98. The lowest BCUT2D eigenvalue weighted by molar-refractivity contribution is 0.362. The Labute approximate surface area is 96.7 Å². The monoisotopic (exact) mass is 224 g/mol. The second-order valence-electron chi connectivity index (χ2n) is 3.66. The fourth-order valence-electron chi connectivity index (χ4n) is 1.22. The van der Waals surface area contributed by atoms with Crippen LogP contribution in [0.2, 0.25) is 0 Å². The summed E-state index contributed by atoms with van der Waals surface area (Å²) in [5.41, 5.74) is 1.33. The molecule has 0 fully saturated rings. The number of halogens is 1. The second-order valence-corrected chi connectivity index (χ2v) is 3.97. The van der Waals surface area contributed by atoms with Gasteiger partial charge in [0.15, 0.2) is 0 Å². The molecule has 0 aliphatic carbocycles. The summed E-state index contributed by atoms with van der Waals surface area (Å²) < 4.78 is 5.50. The lowest BCUT2D eigenvalue weighted by atomic mass is 10.0. The van der Waals surface area contributed by atoms with Gasteiger partial charge in [-0.1, -0.05) is 38.1 Å².